The van der Waals surface area contributed by atoms with Gasteiger partial charge in [0.05, 0.1) is 0 Å². The monoisotopic (exact) mass is 416 g/mol. The molecule has 0 aliphatic rings. The number of benzene rings is 3. The fraction of sp³-hybridized carbons (Fsp3) is 0.231. The van der Waals surface area contributed by atoms with Gasteiger partial charge in [0.2, 0.25) is 5.91 Å². The summed E-state index contributed by atoms with van der Waals surface area (Å²) in [6, 6.07) is 24.6. The van der Waals surface area contributed by atoms with Gasteiger partial charge in [-0.1, -0.05) is 55.5 Å². The van der Waals surface area contributed by atoms with Crippen molar-refractivity contribution in [3.8, 4) is 5.75 Å². The zero-order chi connectivity index (χ0) is 22.1. The molecular weight excluding hydrogens is 388 g/mol. The first-order valence-corrected chi connectivity index (χ1v) is 10.5. The molecule has 5 heteroatoms. The summed E-state index contributed by atoms with van der Waals surface area (Å²) >= 11 is 0. The molecule has 3 aromatic carbocycles. The van der Waals surface area contributed by atoms with Crippen LogP contribution in [0, 0.1) is 6.92 Å². The Labute approximate surface area is 183 Å². The second-order valence-corrected chi connectivity index (χ2v) is 7.38. The Kier molecular flexibility index (Phi) is 7.82. The van der Waals surface area contributed by atoms with Crippen LogP contribution in [0.5, 0.6) is 5.75 Å². The molecule has 0 aliphatic heterocycles. The van der Waals surface area contributed by atoms with Crippen molar-refractivity contribution in [2.75, 3.05) is 10.6 Å². The Bertz CT molecular complexity index is 1000. The molecule has 0 aromatic heterocycles. The molecular formula is C26H28N2O3. The van der Waals surface area contributed by atoms with Crippen molar-refractivity contribution in [2.24, 2.45) is 0 Å². The molecule has 1 atom stereocenters. The van der Waals surface area contributed by atoms with E-state index in [1.807, 2.05) is 68.4 Å². The fourth-order valence-electron chi connectivity index (χ4n) is 3.15. The largest absolute Gasteiger partial charge is 0.480 e. The summed E-state index contributed by atoms with van der Waals surface area (Å²) in [4.78, 5) is 24.8. The second-order valence-electron chi connectivity index (χ2n) is 7.38. The van der Waals surface area contributed by atoms with Crippen LogP contribution in [-0.4, -0.2) is 17.9 Å². The summed E-state index contributed by atoms with van der Waals surface area (Å²) in [6.45, 7) is 3.86. The van der Waals surface area contributed by atoms with Gasteiger partial charge < -0.3 is 15.4 Å². The van der Waals surface area contributed by atoms with E-state index in [1.54, 1.807) is 24.3 Å². The molecule has 5 nitrogen and oxygen atoms in total. The maximum absolute atomic E-state index is 12.6. The van der Waals surface area contributed by atoms with Crippen LogP contribution in [0.1, 0.15) is 30.9 Å². The third kappa shape index (κ3) is 6.71. The van der Waals surface area contributed by atoms with Gasteiger partial charge in [0.1, 0.15) is 5.75 Å². The lowest BCUT2D eigenvalue weighted by Crippen LogP contribution is -2.32. The molecule has 1 unspecified atom stereocenters. The van der Waals surface area contributed by atoms with Gasteiger partial charge in [-0.2, -0.15) is 0 Å². The highest BCUT2D eigenvalue weighted by Crippen LogP contribution is 2.20. The standard InChI is InChI=1S/C26H28N2O3/c1-3-23(31-24-12-8-7-9-19(24)2)26(30)28-22-16-14-21(15-17-22)27-25(29)18-13-20-10-5-4-6-11-20/h4-12,14-17,23H,3,13,18H2,1-2H3,(H,27,29)(H,28,30). The van der Waals surface area contributed by atoms with E-state index >= 15 is 0 Å². The Morgan fingerprint density at radius 3 is 2.10 bits per heavy atom. The van der Waals surface area contributed by atoms with Crippen LogP contribution in [0.15, 0.2) is 78.9 Å². The lowest BCUT2D eigenvalue weighted by molar-refractivity contribution is -0.122. The van der Waals surface area contributed by atoms with E-state index in [-0.39, 0.29) is 11.8 Å². The molecule has 3 aromatic rings. The Hall–Kier alpha value is -3.60. The van der Waals surface area contributed by atoms with Crippen molar-refractivity contribution in [3.63, 3.8) is 0 Å². The highest BCUT2D eigenvalue weighted by atomic mass is 16.5. The minimum atomic E-state index is -0.585. The average Bonchev–Trinajstić information content (AvgIpc) is 2.79. The van der Waals surface area contributed by atoms with Crippen LogP contribution < -0.4 is 15.4 Å². The van der Waals surface area contributed by atoms with Crippen LogP contribution in [0.4, 0.5) is 11.4 Å². The van der Waals surface area contributed by atoms with Crippen molar-refractivity contribution in [2.45, 2.75) is 39.2 Å². The molecule has 0 spiro atoms. The number of anilines is 2. The van der Waals surface area contributed by atoms with Crippen molar-refractivity contribution in [3.05, 3.63) is 90.0 Å². The molecule has 31 heavy (non-hydrogen) atoms. The number of aryl methyl sites for hydroxylation is 2. The molecule has 0 saturated heterocycles. The number of para-hydroxylation sites is 1. The maximum Gasteiger partial charge on any atom is 0.265 e. The average molecular weight is 417 g/mol. The van der Waals surface area contributed by atoms with Gasteiger partial charge in [-0.3, -0.25) is 9.59 Å². The predicted octanol–water partition coefficient (Wildman–Crippen LogP) is 5.36. The van der Waals surface area contributed by atoms with Gasteiger partial charge in [-0.25, -0.2) is 0 Å². The smallest absolute Gasteiger partial charge is 0.265 e. The third-order valence-electron chi connectivity index (χ3n) is 4.95. The number of amides is 2. The summed E-state index contributed by atoms with van der Waals surface area (Å²) in [5.74, 6) is 0.460. The Morgan fingerprint density at radius 1 is 0.839 bits per heavy atom. The molecule has 0 saturated carbocycles. The zero-order valence-corrected chi connectivity index (χ0v) is 17.9. The fourth-order valence-corrected chi connectivity index (χ4v) is 3.15. The van der Waals surface area contributed by atoms with E-state index in [0.29, 0.717) is 36.4 Å². The lowest BCUT2D eigenvalue weighted by atomic mass is 10.1. The number of ether oxygens (including phenoxy) is 1. The van der Waals surface area contributed by atoms with Gasteiger partial charge in [-0.05, 0) is 61.2 Å². The molecule has 0 radical (unpaired) electrons. The number of carbonyl (C=O) groups excluding carboxylic acids is 2. The highest BCUT2D eigenvalue weighted by Gasteiger charge is 2.19. The number of hydrogen-bond donors (Lipinski definition) is 2. The molecule has 2 N–H and O–H groups in total. The van der Waals surface area contributed by atoms with Crippen molar-refractivity contribution in [1.29, 1.82) is 0 Å². The van der Waals surface area contributed by atoms with E-state index in [2.05, 4.69) is 10.6 Å². The van der Waals surface area contributed by atoms with E-state index in [4.69, 9.17) is 4.74 Å². The van der Waals surface area contributed by atoms with Gasteiger partial charge >= 0.3 is 0 Å². The summed E-state index contributed by atoms with van der Waals surface area (Å²) in [7, 11) is 0. The quantitative estimate of drug-likeness (QED) is 0.493. The first-order valence-electron chi connectivity index (χ1n) is 10.5. The van der Waals surface area contributed by atoms with Crippen LogP contribution >= 0.6 is 0 Å². The minimum absolute atomic E-state index is 0.0432. The predicted molar refractivity (Wildman–Crippen MR) is 124 cm³/mol. The lowest BCUT2D eigenvalue weighted by Gasteiger charge is -2.18. The number of carbonyl (C=O) groups is 2. The van der Waals surface area contributed by atoms with Gasteiger partial charge in [-0.15, -0.1) is 0 Å². The minimum Gasteiger partial charge on any atom is -0.480 e. The second kappa shape index (κ2) is 11.0. The summed E-state index contributed by atoms with van der Waals surface area (Å²) in [6.07, 6.45) is 1.07. The Morgan fingerprint density at radius 2 is 1.45 bits per heavy atom. The molecule has 0 aliphatic carbocycles. The molecule has 0 heterocycles. The third-order valence-corrected chi connectivity index (χ3v) is 4.95. The van der Waals surface area contributed by atoms with E-state index in [1.165, 1.54) is 0 Å². The normalized spacial score (nSPS) is 11.4. The van der Waals surface area contributed by atoms with E-state index in [0.717, 1.165) is 11.1 Å². The molecule has 0 fully saturated rings. The molecule has 0 bridgehead atoms. The van der Waals surface area contributed by atoms with E-state index in [9.17, 15) is 9.59 Å². The summed E-state index contributed by atoms with van der Waals surface area (Å²) in [5, 5.41) is 5.77. The molecule has 3 rings (SSSR count). The summed E-state index contributed by atoms with van der Waals surface area (Å²) < 4.78 is 5.90. The van der Waals surface area contributed by atoms with E-state index < -0.39 is 6.10 Å². The number of nitrogens with one attached hydrogen (secondary N) is 2. The van der Waals surface area contributed by atoms with Gasteiger partial charge in [0.25, 0.3) is 5.91 Å². The van der Waals surface area contributed by atoms with Gasteiger partial charge in [0.15, 0.2) is 6.10 Å². The topological polar surface area (TPSA) is 67.4 Å². The Balaban J connectivity index is 1.51. The number of hydrogen-bond acceptors (Lipinski definition) is 3. The van der Waals surface area contributed by atoms with Crippen molar-refractivity contribution >= 4 is 23.2 Å². The first kappa shape index (κ1) is 22.1. The number of rotatable bonds is 9. The highest BCUT2D eigenvalue weighted by molar-refractivity contribution is 5.95. The van der Waals surface area contributed by atoms with Crippen LogP contribution in [0.3, 0.4) is 0 Å². The summed E-state index contributed by atoms with van der Waals surface area (Å²) in [5.41, 5.74) is 3.47. The zero-order valence-electron chi connectivity index (χ0n) is 17.9. The van der Waals surface area contributed by atoms with Crippen LogP contribution in [0.2, 0.25) is 0 Å². The van der Waals surface area contributed by atoms with Crippen LogP contribution in [0.25, 0.3) is 0 Å². The van der Waals surface area contributed by atoms with Crippen molar-refractivity contribution in [1.82, 2.24) is 0 Å². The van der Waals surface area contributed by atoms with Gasteiger partial charge in [0, 0.05) is 17.8 Å². The SMILES string of the molecule is CCC(Oc1ccccc1C)C(=O)Nc1ccc(NC(=O)CCc2ccccc2)cc1. The van der Waals surface area contributed by atoms with Crippen molar-refractivity contribution < 1.29 is 14.3 Å². The molecule has 2 amide bonds. The first-order chi connectivity index (χ1) is 15.0. The van der Waals surface area contributed by atoms with Crippen LogP contribution in [-0.2, 0) is 16.0 Å². The molecule has 160 valence electrons. The maximum atomic E-state index is 12.6.